The van der Waals surface area contributed by atoms with Crippen molar-refractivity contribution in [1.82, 2.24) is 10.8 Å². The van der Waals surface area contributed by atoms with Crippen LogP contribution in [0.25, 0.3) is 0 Å². The standard InChI is InChI=1S/C20H22N2O8S/c1-30-20(12-31(28,29)13-20)17(19(26)22-27)21-18(25)15-9-7-14(8-10-15)5-3-2-4-6-16(24)11-23/h7-10,16-17,23-24,27H,6,11-13H2,1H3,(H,21,25)(H,22,26)/t16-,17?/m0/s1. The summed E-state index contributed by atoms with van der Waals surface area (Å²) in [6, 6.07) is 4.57. The van der Waals surface area contributed by atoms with Crippen LogP contribution in [0.2, 0.25) is 0 Å². The molecule has 1 aromatic rings. The summed E-state index contributed by atoms with van der Waals surface area (Å²) in [5, 5.41) is 29.2. The third kappa shape index (κ3) is 6.28. The maximum absolute atomic E-state index is 12.6. The molecule has 166 valence electrons. The molecule has 1 aromatic carbocycles. The van der Waals surface area contributed by atoms with Crippen LogP contribution in [0.1, 0.15) is 22.3 Å². The number of carbonyl (C=O) groups excluding carboxylic acids is 2. The van der Waals surface area contributed by atoms with Crippen LogP contribution in [0.4, 0.5) is 0 Å². The molecular formula is C20H22N2O8S. The van der Waals surface area contributed by atoms with Gasteiger partial charge in [0.25, 0.3) is 11.8 Å². The molecule has 1 aliphatic rings. The lowest BCUT2D eigenvalue weighted by atomic mass is 9.95. The quantitative estimate of drug-likeness (QED) is 0.185. The minimum atomic E-state index is -3.40. The van der Waals surface area contributed by atoms with E-state index in [0.29, 0.717) is 5.56 Å². The Balaban J connectivity index is 2.09. The Morgan fingerprint density at radius 2 is 1.87 bits per heavy atom. The maximum Gasteiger partial charge on any atom is 0.268 e. The molecule has 1 fully saturated rings. The Morgan fingerprint density at radius 1 is 1.23 bits per heavy atom. The SMILES string of the molecule is COC1(C(NC(=O)c2ccc(C#CC#CC[C@H](O)CO)cc2)C(=O)NO)CS(=O)(=O)C1. The van der Waals surface area contributed by atoms with E-state index in [9.17, 15) is 18.0 Å². The van der Waals surface area contributed by atoms with E-state index in [-0.39, 0.29) is 18.6 Å². The zero-order valence-electron chi connectivity index (χ0n) is 16.6. The first-order chi connectivity index (χ1) is 14.7. The number of methoxy groups -OCH3 is 1. The van der Waals surface area contributed by atoms with Gasteiger partial charge in [-0.1, -0.05) is 11.8 Å². The van der Waals surface area contributed by atoms with Gasteiger partial charge in [-0.3, -0.25) is 14.8 Å². The molecule has 31 heavy (non-hydrogen) atoms. The highest BCUT2D eigenvalue weighted by Gasteiger charge is 2.57. The van der Waals surface area contributed by atoms with Gasteiger partial charge in [-0.15, -0.1) is 0 Å². The summed E-state index contributed by atoms with van der Waals surface area (Å²) in [5.74, 6) is 7.83. The Labute approximate surface area is 179 Å². The molecule has 0 radical (unpaired) electrons. The largest absolute Gasteiger partial charge is 0.394 e. The van der Waals surface area contributed by atoms with Crippen molar-refractivity contribution in [3.05, 3.63) is 35.4 Å². The van der Waals surface area contributed by atoms with Crippen molar-refractivity contribution in [1.29, 1.82) is 0 Å². The zero-order chi connectivity index (χ0) is 23.1. The van der Waals surface area contributed by atoms with Gasteiger partial charge in [0, 0.05) is 24.7 Å². The minimum absolute atomic E-state index is 0.0944. The van der Waals surface area contributed by atoms with Crippen LogP contribution >= 0.6 is 0 Å². The molecule has 0 spiro atoms. The number of amides is 2. The number of ether oxygens (including phenoxy) is 1. The highest BCUT2D eigenvalue weighted by molar-refractivity contribution is 7.93. The van der Waals surface area contributed by atoms with Crippen LogP contribution in [0.3, 0.4) is 0 Å². The predicted octanol–water partition coefficient (Wildman–Crippen LogP) is -1.80. The van der Waals surface area contributed by atoms with E-state index in [1.165, 1.54) is 24.7 Å². The van der Waals surface area contributed by atoms with Gasteiger partial charge in [-0.25, -0.2) is 13.9 Å². The van der Waals surface area contributed by atoms with Crippen LogP contribution in [-0.2, 0) is 19.4 Å². The highest BCUT2D eigenvalue weighted by Crippen LogP contribution is 2.31. The molecule has 5 N–H and O–H groups in total. The van der Waals surface area contributed by atoms with Gasteiger partial charge in [0.15, 0.2) is 9.84 Å². The molecule has 2 atom stereocenters. The Kier molecular flexibility index (Phi) is 8.16. The van der Waals surface area contributed by atoms with Crippen LogP contribution in [0.5, 0.6) is 0 Å². The fourth-order valence-electron chi connectivity index (χ4n) is 2.91. The average Bonchev–Trinajstić information content (AvgIpc) is 2.74. The second-order valence-electron chi connectivity index (χ2n) is 6.85. The number of sulfone groups is 1. The molecule has 0 aliphatic carbocycles. The lowest BCUT2D eigenvalue weighted by Gasteiger charge is -2.44. The molecule has 2 amide bonds. The van der Waals surface area contributed by atoms with Gasteiger partial charge in [0.05, 0.1) is 24.2 Å². The molecule has 0 bridgehead atoms. The summed E-state index contributed by atoms with van der Waals surface area (Å²) in [4.78, 5) is 24.6. The van der Waals surface area contributed by atoms with Crippen LogP contribution in [0.15, 0.2) is 24.3 Å². The van der Waals surface area contributed by atoms with E-state index in [4.69, 9.17) is 20.2 Å². The molecule has 10 nitrogen and oxygen atoms in total. The summed E-state index contributed by atoms with van der Waals surface area (Å²) in [5.41, 5.74) is 0.670. The average molecular weight is 450 g/mol. The molecular weight excluding hydrogens is 428 g/mol. The normalized spacial score (nSPS) is 17.4. The number of nitrogens with one attached hydrogen (secondary N) is 2. The highest BCUT2D eigenvalue weighted by atomic mass is 32.2. The Bertz CT molecular complexity index is 1030. The minimum Gasteiger partial charge on any atom is -0.394 e. The van der Waals surface area contributed by atoms with E-state index in [2.05, 4.69) is 29.0 Å². The number of hydrogen-bond acceptors (Lipinski definition) is 8. The number of hydrogen-bond donors (Lipinski definition) is 5. The van der Waals surface area contributed by atoms with Gasteiger partial charge in [0.1, 0.15) is 11.6 Å². The summed E-state index contributed by atoms with van der Waals surface area (Å²) in [7, 11) is -2.18. The van der Waals surface area contributed by atoms with E-state index in [0.717, 1.165) is 0 Å². The molecule has 0 aromatic heterocycles. The van der Waals surface area contributed by atoms with Crippen molar-refractivity contribution in [2.45, 2.75) is 24.2 Å². The molecule has 11 heteroatoms. The van der Waals surface area contributed by atoms with E-state index < -0.39 is 50.9 Å². The van der Waals surface area contributed by atoms with E-state index >= 15 is 0 Å². The summed E-state index contributed by atoms with van der Waals surface area (Å²) in [6.07, 6.45) is -0.821. The van der Waals surface area contributed by atoms with Crippen molar-refractivity contribution in [2.75, 3.05) is 25.2 Å². The predicted molar refractivity (Wildman–Crippen MR) is 108 cm³/mol. The Hall–Kier alpha value is -2.93. The Morgan fingerprint density at radius 3 is 2.39 bits per heavy atom. The first kappa shape index (κ1) is 24.3. The van der Waals surface area contributed by atoms with Crippen molar-refractivity contribution < 1.29 is 38.2 Å². The second-order valence-corrected chi connectivity index (χ2v) is 8.92. The smallest absolute Gasteiger partial charge is 0.268 e. The van der Waals surface area contributed by atoms with Gasteiger partial charge in [0.2, 0.25) is 0 Å². The second kappa shape index (κ2) is 10.4. The molecule has 2 rings (SSSR count). The van der Waals surface area contributed by atoms with Crippen molar-refractivity contribution in [3.8, 4) is 23.7 Å². The van der Waals surface area contributed by atoms with Gasteiger partial charge >= 0.3 is 0 Å². The fraction of sp³-hybridized carbons (Fsp3) is 0.400. The van der Waals surface area contributed by atoms with Crippen LogP contribution < -0.4 is 10.8 Å². The third-order valence-corrected chi connectivity index (χ3v) is 6.42. The molecule has 1 heterocycles. The lowest BCUT2D eigenvalue weighted by molar-refractivity contribution is -0.138. The number of hydroxylamine groups is 1. The van der Waals surface area contributed by atoms with Gasteiger partial charge in [-0.05, 0) is 36.1 Å². The van der Waals surface area contributed by atoms with Crippen molar-refractivity contribution in [3.63, 3.8) is 0 Å². The topological polar surface area (TPSA) is 162 Å². The summed E-state index contributed by atoms with van der Waals surface area (Å²) < 4.78 is 28.4. The monoisotopic (exact) mass is 450 g/mol. The van der Waals surface area contributed by atoms with Crippen molar-refractivity contribution >= 4 is 21.7 Å². The van der Waals surface area contributed by atoms with Crippen LogP contribution in [0, 0.1) is 23.7 Å². The van der Waals surface area contributed by atoms with Crippen molar-refractivity contribution in [2.24, 2.45) is 0 Å². The number of aliphatic hydroxyl groups excluding tert-OH is 2. The van der Waals surface area contributed by atoms with Gasteiger partial charge in [-0.2, -0.15) is 0 Å². The van der Waals surface area contributed by atoms with E-state index in [1.807, 2.05) is 0 Å². The number of benzene rings is 1. The molecule has 1 unspecified atom stereocenters. The zero-order valence-corrected chi connectivity index (χ0v) is 17.4. The fourth-order valence-corrected chi connectivity index (χ4v) is 4.88. The molecule has 1 aliphatic heterocycles. The first-order valence-corrected chi connectivity index (χ1v) is 10.9. The summed E-state index contributed by atoms with van der Waals surface area (Å²) in [6.45, 7) is -0.381. The van der Waals surface area contributed by atoms with E-state index in [1.54, 1.807) is 12.1 Å². The number of aliphatic hydroxyl groups is 2. The molecule has 1 saturated heterocycles. The summed E-state index contributed by atoms with van der Waals surface area (Å²) >= 11 is 0. The first-order valence-electron chi connectivity index (χ1n) is 9.04. The maximum atomic E-state index is 12.6. The number of carbonyl (C=O) groups is 2. The third-order valence-electron chi connectivity index (χ3n) is 4.56. The van der Waals surface area contributed by atoms with Crippen LogP contribution in [-0.4, -0.2) is 78.6 Å². The number of rotatable bonds is 7. The van der Waals surface area contributed by atoms with Gasteiger partial charge < -0.3 is 20.3 Å². The lowest BCUT2D eigenvalue weighted by Crippen LogP contribution is -2.71. The molecule has 0 saturated carbocycles.